The predicted octanol–water partition coefficient (Wildman–Crippen LogP) is 0.348. The van der Waals surface area contributed by atoms with Crippen LogP contribution in [0, 0.1) is 6.92 Å². The molecule has 23 heavy (non-hydrogen) atoms. The van der Waals surface area contributed by atoms with E-state index in [4.69, 9.17) is 5.73 Å². The molecular weight excluding hydrogens is 296 g/mol. The lowest BCUT2D eigenvalue weighted by Crippen LogP contribution is -2.47. The smallest absolute Gasteiger partial charge is 0.261 e. The van der Waals surface area contributed by atoms with Crippen LogP contribution in [-0.2, 0) is 9.59 Å². The van der Waals surface area contributed by atoms with Crippen LogP contribution in [0.3, 0.4) is 0 Å². The van der Waals surface area contributed by atoms with E-state index in [1.54, 1.807) is 29.7 Å². The van der Waals surface area contributed by atoms with E-state index in [-0.39, 0.29) is 11.6 Å². The Kier molecular flexibility index (Phi) is 3.96. The van der Waals surface area contributed by atoms with Crippen molar-refractivity contribution in [3.8, 4) is 0 Å². The molecule has 1 aromatic carbocycles. The van der Waals surface area contributed by atoms with Crippen LogP contribution in [0.4, 0.5) is 5.69 Å². The maximum absolute atomic E-state index is 12.8. The summed E-state index contributed by atoms with van der Waals surface area (Å²) in [5.74, 6) is 0.166. The number of aldehydes is 1. The van der Waals surface area contributed by atoms with Crippen LogP contribution in [0.2, 0.25) is 0 Å². The molecule has 2 atom stereocenters. The number of rotatable bonds is 3. The van der Waals surface area contributed by atoms with Crippen molar-refractivity contribution in [3.63, 3.8) is 0 Å². The van der Waals surface area contributed by atoms with Crippen molar-refractivity contribution in [2.24, 2.45) is 0 Å². The van der Waals surface area contributed by atoms with Gasteiger partial charge in [0, 0.05) is 12.2 Å². The topological polar surface area (TPSA) is 107 Å². The second kappa shape index (κ2) is 5.92. The summed E-state index contributed by atoms with van der Waals surface area (Å²) in [4.78, 5) is 39.2. The summed E-state index contributed by atoms with van der Waals surface area (Å²) in [5, 5.41) is 3.57. The fourth-order valence-electron chi connectivity index (χ4n) is 3.14. The molecule has 3 N–H and O–H groups in total. The predicted molar refractivity (Wildman–Crippen MR) is 86.3 cm³/mol. The average Bonchev–Trinajstić information content (AvgIpc) is 2.54. The number of aromatic nitrogens is 2. The van der Waals surface area contributed by atoms with Gasteiger partial charge in [-0.15, -0.1) is 0 Å². The van der Waals surface area contributed by atoms with Crippen molar-refractivity contribution in [2.45, 2.75) is 31.8 Å². The van der Waals surface area contributed by atoms with Crippen LogP contribution in [0.1, 0.15) is 24.7 Å². The molecule has 0 aliphatic carbocycles. The highest BCUT2D eigenvalue weighted by Crippen LogP contribution is 2.21. The van der Waals surface area contributed by atoms with Gasteiger partial charge in [-0.1, -0.05) is 0 Å². The van der Waals surface area contributed by atoms with E-state index in [1.807, 2.05) is 0 Å². The number of fused-ring (bicyclic) bond motifs is 1. The number of hydrogen-bond donors (Lipinski definition) is 2. The van der Waals surface area contributed by atoms with Crippen LogP contribution in [0.15, 0.2) is 23.0 Å². The van der Waals surface area contributed by atoms with E-state index in [0.717, 1.165) is 0 Å². The molecule has 120 valence electrons. The number of nitrogens with one attached hydrogen (secondary N) is 1. The first kappa shape index (κ1) is 15.4. The molecule has 1 aromatic heterocycles. The van der Waals surface area contributed by atoms with E-state index >= 15 is 0 Å². The molecule has 0 amide bonds. The summed E-state index contributed by atoms with van der Waals surface area (Å²) in [6.07, 6.45) is 1.51. The largest absolute Gasteiger partial charge is 0.399 e. The summed E-state index contributed by atoms with van der Waals surface area (Å²) in [6, 6.07) is 4.51. The van der Waals surface area contributed by atoms with Gasteiger partial charge < -0.3 is 11.1 Å². The van der Waals surface area contributed by atoms with Gasteiger partial charge in [-0.3, -0.25) is 19.0 Å². The molecule has 2 aromatic rings. The Morgan fingerprint density at radius 1 is 1.43 bits per heavy atom. The molecular formula is C16H18N4O3. The number of carbonyl (C=O) groups excluding carboxylic acids is 2. The summed E-state index contributed by atoms with van der Waals surface area (Å²) in [5.41, 5.74) is 6.78. The van der Waals surface area contributed by atoms with Crippen molar-refractivity contribution in [3.05, 3.63) is 34.4 Å². The third-order valence-corrected chi connectivity index (χ3v) is 4.32. The number of anilines is 1. The first-order chi connectivity index (χ1) is 11.0. The Labute approximate surface area is 132 Å². The Morgan fingerprint density at radius 2 is 2.22 bits per heavy atom. The van der Waals surface area contributed by atoms with E-state index < -0.39 is 11.8 Å². The molecule has 0 radical (unpaired) electrons. The second-order valence-electron chi connectivity index (χ2n) is 5.82. The number of benzene rings is 1. The molecule has 0 spiro atoms. The Morgan fingerprint density at radius 3 is 2.87 bits per heavy atom. The zero-order valence-electron chi connectivity index (χ0n) is 12.8. The van der Waals surface area contributed by atoms with Crippen molar-refractivity contribution in [2.75, 3.05) is 12.3 Å². The van der Waals surface area contributed by atoms with Crippen LogP contribution in [0.25, 0.3) is 10.9 Å². The zero-order chi connectivity index (χ0) is 16.6. The van der Waals surface area contributed by atoms with Gasteiger partial charge in [0.1, 0.15) is 5.82 Å². The van der Waals surface area contributed by atoms with Crippen LogP contribution >= 0.6 is 0 Å². The molecule has 7 heteroatoms. The van der Waals surface area contributed by atoms with Gasteiger partial charge in [0.25, 0.3) is 5.56 Å². The number of nitrogen functional groups attached to an aromatic ring is 1. The normalized spacial score (nSPS) is 21.3. The minimum atomic E-state index is -0.451. The number of piperidine rings is 1. The maximum atomic E-state index is 12.8. The summed E-state index contributed by atoms with van der Waals surface area (Å²) in [7, 11) is 0. The third-order valence-electron chi connectivity index (χ3n) is 4.32. The molecule has 0 saturated carbocycles. The number of carbonyl (C=O) groups is 2. The van der Waals surface area contributed by atoms with E-state index in [9.17, 15) is 14.4 Å². The number of hydrogen-bond acceptors (Lipinski definition) is 6. The minimum Gasteiger partial charge on any atom is -0.399 e. The Balaban J connectivity index is 1.95. The van der Waals surface area contributed by atoms with Gasteiger partial charge in [-0.05, 0) is 38.0 Å². The van der Waals surface area contributed by atoms with Gasteiger partial charge in [-0.2, -0.15) is 0 Å². The van der Waals surface area contributed by atoms with E-state index in [1.165, 1.54) is 0 Å². The monoisotopic (exact) mass is 314 g/mol. The summed E-state index contributed by atoms with van der Waals surface area (Å²) in [6.45, 7) is 2.24. The van der Waals surface area contributed by atoms with Crippen molar-refractivity contribution >= 4 is 28.7 Å². The highest BCUT2D eigenvalue weighted by molar-refractivity contribution is 6.27. The minimum absolute atomic E-state index is 0.0901. The molecule has 3 rings (SSSR count). The number of Topliss-reactive ketones (excluding diaryl/α,β-unsaturated/α-hetero) is 1. The first-order valence-corrected chi connectivity index (χ1v) is 7.52. The average molecular weight is 314 g/mol. The standard InChI is InChI=1S/C16H18N4O3/c1-9-19-14-6-10(17)2-4-12(14)16(23)20(9)11-3-5-13(18-7-11)15(22)8-21/h2,4,6,8,11,13,18H,3,5,7,17H2,1H3. The Bertz CT molecular complexity index is 835. The van der Waals surface area contributed by atoms with Crippen molar-refractivity contribution < 1.29 is 9.59 Å². The van der Waals surface area contributed by atoms with Crippen molar-refractivity contribution in [1.82, 2.24) is 14.9 Å². The maximum Gasteiger partial charge on any atom is 0.261 e. The second-order valence-corrected chi connectivity index (χ2v) is 5.82. The first-order valence-electron chi connectivity index (χ1n) is 7.52. The third kappa shape index (κ3) is 2.75. The van der Waals surface area contributed by atoms with Gasteiger partial charge in [0.15, 0.2) is 6.29 Å². The molecule has 0 bridgehead atoms. The SMILES string of the molecule is Cc1nc2cc(N)ccc2c(=O)n1C1CCC(C(=O)C=O)NC1. The highest BCUT2D eigenvalue weighted by atomic mass is 16.2. The van der Waals surface area contributed by atoms with Crippen LogP contribution < -0.4 is 16.6 Å². The lowest BCUT2D eigenvalue weighted by atomic mass is 9.97. The molecule has 2 heterocycles. The fourth-order valence-corrected chi connectivity index (χ4v) is 3.14. The Hall–Kier alpha value is -2.54. The lowest BCUT2D eigenvalue weighted by molar-refractivity contribution is -0.131. The molecule has 1 saturated heterocycles. The highest BCUT2D eigenvalue weighted by Gasteiger charge is 2.27. The summed E-state index contributed by atoms with van der Waals surface area (Å²) < 4.78 is 1.66. The molecule has 1 aliphatic rings. The fraction of sp³-hybridized carbons (Fsp3) is 0.375. The lowest BCUT2D eigenvalue weighted by Gasteiger charge is -2.30. The van der Waals surface area contributed by atoms with Crippen LogP contribution in [-0.4, -0.2) is 34.2 Å². The molecule has 7 nitrogen and oxygen atoms in total. The van der Waals surface area contributed by atoms with E-state index in [0.29, 0.717) is 48.1 Å². The summed E-state index contributed by atoms with van der Waals surface area (Å²) >= 11 is 0. The number of nitrogens with two attached hydrogens (primary N) is 1. The van der Waals surface area contributed by atoms with Gasteiger partial charge in [0.2, 0.25) is 5.78 Å². The number of nitrogens with zero attached hydrogens (tertiary/aromatic N) is 2. The van der Waals surface area contributed by atoms with Gasteiger partial charge in [0.05, 0.1) is 23.0 Å². The molecule has 1 fully saturated rings. The number of aryl methyl sites for hydroxylation is 1. The quantitative estimate of drug-likeness (QED) is 0.481. The number of ketones is 1. The van der Waals surface area contributed by atoms with Gasteiger partial charge in [-0.25, -0.2) is 4.98 Å². The van der Waals surface area contributed by atoms with Gasteiger partial charge >= 0.3 is 0 Å². The van der Waals surface area contributed by atoms with E-state index in [2.05, 4.69) is 10.3 Å². The molecule has 2 unspecified atom stereocenters. The molecule has 1 aliphatic heterocycles. The van der Waals surface area contributed by atoms with Crippen molar-refractivity contribution in [1.29, 1.82) is 0 Å². The zero-order valence-corrected chi connectivity index (χ0v) is 12.8. The van der Waals surface area contributed by atoms with Crippen LogP contribution in [0.5, 0.6) is 0 Å².